The van der Waals surface area contributed by atoms with E-state index >= 15 is 0 Å². The number of fused-ring (bicyclic) bond motifs is 7. The van der Waals surface area contributed by atoms with Gasteiger partial charge in [0, 0.05) is 23.1 Å². The molecule has 0 saturated heterocycles. The molecule has 0 radical (unpaired) electrons. The molecular weight excluding hydrogens is 345 g/mol. The Kier molecular flexibility index (Phi) is 2.98. The van der Waals surface area contributed by atoms with Crippen molar-refractivity contribution in [2.45, 2.75) is 18.5 Å². The average Bonchev–Trinajstić information content (AvgIpc) is 2.52. The van der Waals surface area contributed by atoms with Crippen LogP contribution in [-0.2, 0) is 6.42 Å². The van der Waals surface area contributed by atoms with E-state index in [-0.39, 0.29) is 24.0 Å². The van der Waals surface area contributed by atoms with Gasteiger partial charge in [0.1, 0.15) is 12.1 Å². The van der Waals surface area contributed by atoms with Crippen molar-refractivity contribution in [2.24, 2.45) is 0 Å². The Bertz CT molecular complexity index is 622. The number of hydrogen-bond acceptors (Lipinski definition) is 0. The van der Waals surface area contributed by atoms with Gasteiger partial charge in [-0.1, -0.05) is 48.5 Å². The summed E-state index contributed by atoms with van der Waals surface area (Å²) in [7, 11) is 4.76. The molecule has 2 heterocycles. The van der Waals surface area contributed by atoms with Gasteiger partial charge in [0.25, 0.3) is 0 Å². The number of rotatable bonds is 0. The molecule has 0 aromatic heterocycles. The largest absolute Gasteiger partial charge is 1.00 e. The van der Waals surface area contributed by atoms with Crippen molar-refractivity contribution < 1.29 is 28.5 Å². The fraction of sp³-hybridized carbons (Fsp3) is 0.294. The molecule has 0 amide bonds. The molecule has 2 heteroatoms. The maximum atomic E-state index is 2.38. The highest BCUT2D eigenvalue weighted by atomic mass is 127. The summed E-state index contributed by atoms with van der Waals surface area (Å²) >= 11 is 0. The first-order valence-corrected chi connectivity index (χ1v) is 6.69. The highest BCUT2D eigenvalue weighted by Crippen LogP contribution is 2.54. The molecule has 2 unspecified atom stereocenters. The zero-order chi connectivity index (χ0) is 12.3. The highest BCUT2D eigenvalue weighted by molar-refractivity contribution is 5.47. The Hall–Kier alpha value is -0.870. The lowest BCUT2D eigenvalue weighted by Crippen LogP contribution is -3.00. The summed E-state index contributed by atoms with van der Waals surface area (Å²) in [5, 5.41) is 0. The topological polar surface area (TPSA) is 0 Å². The van der Waals surface area contributed by atoms with Gasteiger partial charge in [0.05, 0.1) is 14.1 Å². The first-order valence-electron chi connectivity index (χ1n) is 6.69. The maximum absolute atomic E-state index is 2.38. The monoisotopic (exact) mass is 363 g/mol. The number of likely N-dealkylation sites (N-methyl/N-ethyl adjacent to an activating group) is 1. The summed E-state index contributed by atoms with van der Waals surface area (Å²) in [4.78, 5) is 0. The van der Waals surface area contributed by atoms with Crippen LogP contribution in [0.4, 0.5) is 0 Å². The molecule has 2 aromatic carbocycles. The second-order valence-corrected chi connectivity index (χ2v) is 6.08. The lowest BCUT2D eigenvalue weighted by molar-refractivity contribution is -0.940. The highest BCUT2D eigenvalue weighted by Gasteiger charge is 2.51. The van der Waals surface area contributed by atoms with Crippen molar-refractivity contribution in [1.82, 2.24) is 0 Å². The fourth-order valence-corrected chi connectivity index (χ4v) is 4.03. The van der Waals surface area contributed by atoms with Crippen LogP contribution in [0.3, 0.4) is 0 Å². The Balaban J connectivity index is 0.00000110. The molecule has 2 bridgehead atoms. The quantitative estimate of drug-likeness (QED) is 0.472. The normalized spacial score (nSPS) is 25.2. The Morgan fingerprint density at radius 2 is 1.42 bits per heavy atom. The number of nitrogens with zero attached hydrogens (tertiary/aromatic N) is 1. The van der Waals surface area contributed by atoms with Gasteiger partial charge in [0.15, 0.2) is 0 Å². The van der Waals surface area contributed by atoms with Crippen molar-refractivity contribution in [3.63, 3.8) is 0 Å². The molecule has 2 aliphatic rings. The van der Waals surface area contributed by atoms with Crippen LogP contribution in [0.15, 0.2) is 48.5 Å². The number of hydrogen-bond donors (Lipinski definition) is 0. The summed E-state index contributed by atoms with van der Waals surface area (Å²) < 4.78 is 1.08. The molecule has 98 valence electrons. The molecule has 19 heavy (non-hydrogen) atoms. The minimum Gasteiger partial charge on any atom is -1.00 e. The van der Waals surface area contributed by atoms with Gasteiger partial charge < -0.3 is 28.5 Å². The van der Waals surface area contributed by atoms with E-state index in [2.05, 4.69) is 62.6 Å². The summed E-state index contributed by atoms with van der Waals surface area (Å²) in [6.45, 7) is 0. The number of halogens is 1. The molecule has 2 aromatic rings. The van der Waals surface area contributed by atoms with Crippen LogP contribution in [0, 0.1) is 0 Å². The zero-order valence-electron chi connectivity index (χ0n) is 11.3. The molecule has 2 aliphatic heterocycles. The Labute approximate surface area is 131 Å². The van der Waals surface area contributed by atoms with Crippen LogP contribution >= 0.6 is 0 Å². The molecule has 2 atom stereocenters. The second kappa shape index (κ2) is 4.32. The third-order valence-corrected chi connectivity index (χ3v) is 4.88. The van der Waals surface area contributed by atoms with Gasteiger partial charge in [-0.05, 0) is 5.56 Å². The lowest BCUT2D eigenvalue weighted by Gasteiger charge is -2.42. The molecular formula is C17H18IN. The molecule has 1 nitrogen and oxygen atoms in total. The van der Waals surface area contributed by atoms with E-state index in [1.54, 1.807) is 11.1 Å². The third kappa shape index (κ3) is 1.62. The van der Waals surface area contributed by atoms with Gasteiger partial charge in [0.2, 0.25) is 0 Å². The zero-order valence-corrected chi connectivity index (χ0v) is 13.5. The van der Waals surface area contributed by atoms with Crippen LogP contribution in [-0.4, -0.2) is 18.6 Å². The van der Waals surface area contributed by atoms with Crippen LogP contribution in [0.2, 0.25) is 0 Å². The summed E-state index contributed by atoms with van der Waals surface area (Å²) in [5.74, 6) is 0. The van der Waals surface area contributed by atoms with Crippen molar-refractivity contribution >= 4 is 0 Å². The standard InChI is InChI=1S/C17H18N.HI/c1-18(2)16-11-12-7-3-4-8-13(12)17(18)15-10-6-5-9-14(15)16;/h3-10,16-17H,11H2,1-2H3;1H/q+1;/p-1. The summed E-state index contributed by atoms with van der Waals surface area (Å²) in [6, 6.07) is 19.1. The van der Waals surface area contributed by atoms with Gasteiger partial charge in [-0.3, -0.25) is 0 Å². The van der Waals surface area contributed by atoms with E-state index in [9.17, 15) is 0 Å². The van der Waals surface area contributed by atoms with Crippen molar-refractivity contribution in [3.8, 4) is 0 Å². The Morgan fingerprint density at radius 3 is 2.16 bits per heavy atom. The SMILES string of the molecule is C[N+]1(C)C2Cc3ccccc3C1c1ccccc12.[I-]. The maximum Gasteiger partial charge on any atom is 0.141 e. The molecule has 0 spiro atoms. The van der Waals surface area contributed by atoms with Crippen molar-refractivity contribution in [1.29, 1.82) is 0 Å². The summed E-state index contributed by atoms with van der Waals surface area (Å²) in [6.07, 6.45) is 1.18. The van der Waals surface area contributed by atoms with E-state index in [0.717, 1.165) is 4.48 Å². The molecule has 0 N–H and O–H groups in total. The van der Waals surface area contributed by atoms with E-state index in [1.807, 2.05) is 0 Å². The fourth-order valence-electron chi connectivity index (χ4n) is 4.03. The minimum atomic E-state index is 0. The van der Waals surface area contributed by atoms with Crippen LogP contribution in [0.5, 0.6) is 0 Å². The number of benzene rings is 2. The van der Waals surface area contributed by atoms with E-state index in [0.29, 0.717) is 12.1 Å². The van der Waals surface area contributed by atoms with E-state index < -0.39 is 0 Å². The van der Waals surface area contributed by atoms with E-state index in [1.165, 1.54) is 17.5 Å². The van der Waals surface area contributed by atoms with Crippen LogP contribution in [0.25, 0.3) is 0 Å². The first kappa shape index (κ1) is 13.1. The lowest BCUT2D eigenvalue weighted by atomic mass is 9.90. The molecule has 0 saturated carbocycles. The average molecular weight is 363 g/mol. The smallest absolute Gasteiger partial charge is 0.141 e. The second-order valence-electron chi connectivity index (χ2n) is 6.08. The predicted molar refractivity (Wildman–Crippen MR) is 73.3 cm³/mol. The third-order valence-electron chi connectivity index (χ3n) is 4.88. The summed E-state index contributed by atoms with van der Waals surface area (Å²) in [5.41, 5.74) is 6.17. The molecule has 4 rings (SSSR count). The first-order chi connectivity index (χ1) is 8.69. The van der Waals surface area contributed by atoms with Gasteiger partial charge in [-0.2, -0.15) is 0 Å². The van der Waals surface area contributed by atoms with Crippen molar-refractivity contribution in [2.75, 3.05) is 14.1 Å². The van der Waals surface area contributed by atoms with Gasteiger partial charge in [-0.15, -0.1) is 0 Å². The van der Waals surface area contributed by atoms with Crippen LogP contribution < -0.4 is 24.0 Å². The van der Waals surface area contributed by atoms with E-state index in [4.69, 9.17) is 0 Å². The number of quaternary nitrogens is 1. The molecule has 0 aliphatic carbocycles. The Morgan fingerprint density at radius 1 is 0.842 bits per heavy atom. The minimum absolute atomic E-state index is 0. The van der Waals surface area contributed by atoms with Gasteiger partial charge in [-0.25, -0.2) is 0 Å². The predicted octanol–water partition coefficient (Wildman–Crippen LogP) is 0.467. The van der Waals surface area contributed by atoms with Crippen molar-refractivity contribution in [3.05, 3.63) is 70.8 Å². The van der Waals surface area contributed by atoms with Crippen LogP contribution in [0.1, 0.15) is 34.3 Å². The molecule has 0 fully saturated rings. The van der Waals surface area contributed by atoms with Gasteiger partial charge >= 0.3 is 0 Å².